The van der Waals surface area contributed by atoms with Crippen molar-refractivity contribution in [3.05, 3.63) is 77.9 Å². The highest BCUT2D eigenvalue weighted by molar-refractivity contribution is 7.98. The van der Waals surface area contributed by atoms with Crippen LogP contribution < -0.4 is 5.73 Å². The van der Waals surface area contributed by atoms with Gasteiger partial charge in [-0.1, -0.05) is 54.6 Å². The largest absolute Gasteiger partial charge is 0.320 e. The van der Waals surface area contributed by atoms with Gasteiger partial charge in [-0.15, -0.1) is 11.8 Å². The molecule has 2 N–H and O–H groups in total. The maximum absolute atomic E-state index is 6.47. The summed E-state index contributed by atoms with van der Waals surface area (Å²) in [5, 5.41) is 2.47. The van der Waals surface area contributed by atoms with Crippen LogP contribution >= 0.6 is 11.8 Å². The van der Waals surface area contributed by atoms with Crippen LogP contribution in [-0.2, 0) is 0 Å². The third kappa shape index (κ3) is 2.45. The van der Waals surface area contributed by atoms with E-state index in [9.17, 15) is 0 Å². The second kappa shape index (κ2) is 5.70. The first-order valence-corrected chi connectivity index (χ1v) is 7.89. The first-order chi connectivity index (χ1) is 9.79. The van der Waals surface area contributed by atoms with Crippen LogP contribution in [0.3, 0.4) is 0 Å². The van der Waals surface area contributed by atoms with Gasteiger partial charge in [0, 0.05) is 4.90 Å². The number of fused-ring (bicyclic) bond motifs is 1. The van der Waals surface area contributed by atoms with Crippen LogP contribution in [0.2, 0.25) is 0 Å². The van der Waals surface area contributed by atoms with Crippen molar-refractivity contribution in [2.24, 2.45) is 5.73 Å². The fourth-order valence-corrected chi connectivity index (χ4v) is 2.92. The van der Waals surface area contributed by atoms with Crippen LogP contribution in [0.15, 0.2) is 71.6 Å². The summed E-state index contributed by atoms with van der Waals surface area (Å²) in [5.41, 5.74) is 8.80. The summed E-state index contributed by atoms with van der Waals surface area (Å²) < 4.78 is 0. The predicted octanol–water partition coefficient (Wildman–Crippen LogP) is 4.61. The summed E-state index contributed by atoms with van der Waals surface area (Å²) >= 11 is 1.75. The van der Waals surface area contributed by atoms with E-state index in [1.807, 2.05) is 0 Å². The lowest BCUT2D eigenvalue weighted by atomic mass is 9.94. The Labute approximate surface area is 123 Å². The molecular weight excluding hydrogens is 262 g/mol. The lowest BCUT2D eigenvalue weighted by Gasteiger charge is -2.15. The van der Waals surface area contributed by atoms with E-state index in [1.54, 1.807) is 11.8 Å². The molecule has 0 spiro atoms. The van der Waals surface area contributed by atoms with Crippen molar-refractivity contribution in [1.29, 1.82) is 0 Å². The maximum atomic E-state index is 6.47. The van der Waals surface area contributed by atoms with Crippen LogP contribution in [0.5, 0.6) is 0 Å². The number of thioether (sulfide) groups is 1. The number of rotatable bonds is 3. The van der Waals surface area contributed by atoms with E-state index in [1.165, 1.54) is 21.2 Å². The Morgan fingerprint density at radius 3 is 2.30 bits per heavy atom. The Morgan fingerprint density at radius 1 is 0.850 bits per heavy atom. The minimum Gasteiger partial charge on any atom is -0.320 e. The molecule has 0 fully saturated rings. The fourth-order valence-electron chi connectivity index (χ4n) is 2.51. The zero-order valence-electron chi connectivity index (χ0n) is 11.4. The number of hydrogen-bond acceptors (Lipinski definition) is 2. The molecule has 0 amide bonds. The van der Waals surface area contributed by atoms with Crippen molar-refractivity contribution in [3.63, 3.8) is 0 Å². The summed E-state index contributed by atoms with van der Waals surface area (Å²) in [4.78, 5) is 1.26. The van der Waals surface area contributed by atoms with Gasteiger partial charge < -0.3 is 5.73 Å². The summed E-state index contributed by atoms with van der Waals surface area (Å²) in [6.07, 6.45) is 2.08. The van der Waals surface area contributed by atoms with Crippen molar-refractivity contribution in [3.8, 4) is 0 Å². The Kier molecular flexibility index (Phi) is 3.77. The Hall–Kier alpha value is -1.77. The van der Waals surface area contributed by atoms with Crippen LogP contribution in [0.4, 0.5) is 0 Å². The molecular formula is C18H17NS. The van der Waals surface area contributed by atoms with E-state index >= 15 is 0 Å². The molecule has 100 valence electrons. The third-order valence-electron chi connectivity index (χ3n) is 3.63. The molecule has 0 aliphatic heterocycles. The SMILES string of the molecule is CSc1ccc(C(N)c2cccc3ccccc23)cc1. The van der Waals surface area contributed by atoms with Gasteiger partial charge in [0.2, 0.25) is 0 Å². The summed E-state index contributed by atoms with van der Waals surface area (Å²) in [5.74, 6) is 0. The lowest BCUT2D eigenvalue weighted by Crippen LogP contribution is -2.12. The van der Waals surface area contributed by atoms with Crippen LogP contribution in [0.25, 0.3) is 10.8 Å². The molecule has 3 rings (SSSR count). The first kappa shape index (κ1) is 13.2. The highest BCUT2D eigenvalue weighted by Crippen LogP contribution is 2.28. The molecule has 0 saturated carbocycles. The molecule has 1 atom stereocenters. The zero-order chi connectivity index (χ0) is 13.9. The summed E-state index contributed by atoms with van der Waals surface area (Å²) in [7, 11) is 0. The molecule has 0 bridgehead atoms. The maximum Gasteiger partial charge on any atom is 0.0557 e. The Bertz CT molecular complexity index is 714. The van der Waals surface area contributed by atoms with Crippen LogP contribution in [0, 0.1) is 0 Å². The first-order valence-electron chi connectivity index (χ1n) is 6.67. The average molecular weight is 279 g/mol. The Balaban J connectivity index is 2.05. The molecule has 0 saturated heterocycles. The summed E-state index contributed by atoms with van der Waals surface area (Å²) in [6, 6.07) is 23.1. The van der Waals surface area contributed by atoms with Gasteiger partial charge in [0.1, 0.15) is 0 Å². The molecule has 0 radical (unpaired) electrons. The van der Waals surface area contributed by atoms with E-state index in [4.69, 9.17) is 5.73 Å². The highest BCUT2D eigenvalue weighted by Gasteiger charge is 2.11. The van der Waals surface area contributed by atoms with Gasteiger partial charge in [-0.3, -0.25) is 0 Å². The topological polar surface area (TPSA) is 26.0 Å². The number of nitrogens with two attached hydrogens (primary N) is 1. The molecule has 0 aromatic heterocycles. The van der Waals surface area contributed by atoms with Gasteiger partial charge in [-0.2, -0.15) is 0 Å². The molecule has 0 aliphatic carbocycles. The van der Waals surface area contributed by atoms with Crippen molar-refractivity contribution >= 4 is 22.5 Å². The van der Waals surface area contributed by atoms with E-state index in [-0.39, 0.29) is 6.04 Å². The van der Waals surface area contributed by atoms with Gasteiger partial charge in [0.15, 0.2) is 0 Å². The smallest absolute Gasteiger partial charge is 0.0557 e. The average Bonchev–Trinajstić information content (AvgIpc) is 2.54. The van der Waals surface area contributed by atoms with Gasteiger partial charge in [0.05, 0.1) is 6.04 Å². The molecule has 2 heteroatoms. The highest BCUT2D eigenvalue weighted by atomic mass is 32.2. The van der Waals surface area contributed by atoms with Gasteiger partial charge in [-0.05, 0) is 40.3 Å². The van der Waals surface area contributed by atoms with Crippen molar-refractivity contribution in [2.75, 3.05) is 6.26 Å². The molecule has 1 unspecified atom stereocenters. The van der Waals surface area contributed by atoms with E-state index in [2.05, 4.69) is 73.0 Å². The lowest BCUT2D eigenvalue weighted by molar-refractivity contribution is 0.879. The summed E-state index contributed by atoms with van der Waals surface area (Å²) in [6.45, 7) is 0. The van der Waals surface area contributed by atoms with Crippen molar-refractivity contribution < 1.29 is 0 Å². The second-order valence-electron chi connectivity index (χ2n) is 4.82. The van der Waals surface area contributed by atoms with E-state index in [0.29, 0.717) is 0 Å². The van der Waals surface area contributed by atoms with Gasteiger partial charge >= 0.3 is 0 Å². The van der Waals surface area contributed by atoms with Gasteiger partial charge in [0.25, 0.3) is 0 Å². The van der Waals surface area contributed by atoms with Crippen LogP contribution in [-0.4, -0.2) is 6.26 Å². The molecule has 0 heterocycles. The Morgan fingerprint density at radius 2 is 1.55 bits per heavy atom. The number of benzene rings is 3. The fraction of sp³-hybridized carbons (Fsp3) is 0.111. The van der Waals surface area contributed by atoms with Gasteiger partial charge in [-0.25, -0.2) is 0 Å². The quantitative estimate of drug-likeness (QED) is 0.708. The third-order valence-corrected chi connectivity index (χ3v) is 4.38. The minimum atomic E-state index is -0.0861. The zero-order valence-corrected chi connectivity index (χ0v) is 12.2. The van der Waals surface area contributed by atoms with E-state index in [0.717, 1.165) is 5.56 Å². The molecule has 20 heavy (non-hydrogen) atoms. The second-order valence-corrected chi connectivity index (χ2v) is 5.70. The number of hydrogen-bond donors (Lipinski definition) is 1. The van der Waals surface area contributed by atoms with Crippen molar-refractivity contribution in [1.82, 2.24) is 0 Å². The molecule has 0 aliphatic rings. The van der Waals surface area contributed by atoms with E-state index < -0.39 is 0 Å². The minimum absolute atomic E-state index is 0.0861. The molecule has 3 aromatic rings. The monoisotopic (exact) mass is 279 g/mol. The van der Waals surface area contributed by atoms with Crippen LogP contribution in [0.1, 0.15) is 17.2 Å². The molecule has 3 aromatic carbocycles. The molecule has 1 nitrogen and oxygen atoms in total. The predicted molar refractivity (Wildman–Crippen MR) is 88.2 cm³/mol. The standard InChI is InChI=1S/C18H17NS/c1-20-15-11-9-14(10-12-15)18(19)17-8-4-6-13-5-2-3-7-16(13)17/h2-12,18H,19H2,1H3. The normalized spacial score (nSPS) is 12.5. The van der Waals surface area contributed by atoms with Crippen molar-refractivity contribution in [2.45, 2.75) is 10.9 Å².